The molecule has 2 heterocycles. The maximum atomic E-state index is 12.7. The molecule has 6 nitrogen and oxygen atoms in total. The molecule has 124 valence electrons. The molecule has 9 heteroatoms. The Morgan fingerprint density at radius 2 is 1.82 bits per heavy atom. The van der Waals surface area contributed by atoms with Gasteiger partial charge in [-0.25, -0.2) is 0 Å². The number of ether oxygens (including phenoxy) is 4. The van der Waals surface area contributed by atoms with Gasteiger partial charge in [0.05, 0.1) is 0 Å². The van der Waals surface area contributed by atoms with Crippen LogP contribution in [0.5, 0.6) is 0 Å². The summed E-state index contributed by atoms with van der Waals surface area (Å²) in [5.74, 6) is -3.02. The van der Waals surface area contributed by atoms with Crippen molar-refractivity contribution in [3.05, 3.63) is 12.2 Å². The molecule has 0 aromatic carbocycles. The van der Waals surface area contributed by atoms with E-state index in [0.29, 0.717) is 6.54 Å². The summed E-state index contributed by atoms with van der Waals surface area (Å²) in [6, 6.07) is 0. The third kappa shape index (κ3) is 2.95. The average Bonchev–Trinajstić information content (AvgIpc) is 2.48. The van der Waals surface area contributed by atoms with Crippen LogP contribution in [0, 0.1) is 11.2 Å². The standard InChI is InChI=1S/C13H21BF2N2O4/c1-12(19-3)13(2,20-4)22-11-8(5-10(15)16)6-18(14-17)7-9(11)21-12/h5,8-9,11,17H,6-7H2,1-4H3/t8-,9+,11+,12-,13-/m0/s1. The molecule has 0 saturated carbocycles. The summed E-state index contributed by atoms with van der Waals surface area (Å²) in [6.45, 7) is 3.96. The van der Waals surface area contributed by atoms with Crippen molar-refractivity contribution in [2.75, 3.05) is 27.3 Å². The molecule has 2 rings (SSSR count). The van der Waals surface area contributed by atoms with E-state index < -0.39 is 35.8 Å². The van der Waals surface area contributed by atoms with E-state index in [4.69, 9.17) is 24.3 Å². The summed E-state index contributed by atoms with van der Waals surface area (Å²) < 4.78 is 48.3. The van der Waals surface area contributed by atoms with E-state index in [9.17, 15) is 8.78 Å². The van der Waals surface area contributed by atoms with E-state index in [2.05, 4.69) is 0 Å². The normalized spacial score (nSPS) is 41.5. The second kappa shape index (κ2) is 6.31. The molecule has 0 unspecified atom stereocenters. The quantitative estimate of drug-likeness (QED) is 0.798. The molecule has 5 atom stereocenters. The number of piperidine rings is 1. The van der Waals surface area contributed by atoms with E-state index in [0.717, 1.165) is 13.3 Å². The zero-order valence-electron chi connectivity index (χ0n) is 13.1. The molecule has 22 heavy (non-hydrogen) atoms. The Morgan fingerprint density at radius 3 is 2.32 bits per heavy atom. The molecule has 1 N–H and O–H groups in total. The Kier molecular flexibility index (Phi) is 5.01. The number of rotatable bonds is 4. The SMILES string of the molecule is CO[C@@]1(C)O[C@@H]2[C@@H](C=C(F)F)CN(B=N)C[C@H]2O[C@]1(C)OC. The van der Waals surface area contributed by atoms with Gasteiger partial charge in [0.15, 0.2) is 0 Å². The summed E-state index contributed by atoms with van der Waals surface area (Å²) in [4.78, 5) is 1.61. The van der Waals surface area contributed by atoms with Crippen LogP contribution in [0.15, 0.2) is 12.2 Å². The average molecular weight is 318 g/mol. The number of hydrogen-bond donors (Lipinski definition) is 1. The zero-order chi connectivity index (χ0) is 16.5. The van der Waals surface area contributed by atoms with Gasteiger partial charge >= 0.3 is 128 Å². The van der Waals surface area contributed by atoms with Gasteiger partial charge in [-0.1, -0.05) is 0 Å². The molecular weight excluding hydrogens is 297 g/mol. The van der Waals surface area contributed by atoms with Crippen LogP contribution in [0.2, 0.25) is 0 Å². The topological polar surface area (TPSA) is 64.0 Å². The van der Waals surface area contributed by atoms with E-state index in [1.807, 2.05) is 0 Å². The molecule has 0 bridgehead atoms. The number of nitrogens with one attached hydrogen (secondary N) is 1. The van der Waals surface area contributed by atoms with Crippen molar-refractivity contribution in [3.63, 3.8) is 0 Å². The molecule has 0 amide bonds. The summed E-state index contributed by atoms with van der Waals surface area (Å²) in [6.07, 6.45) is -2.05. The van der Waals surface area contributed by atoms with Gasteiger partial charge < -0.3 is 0 Å². The van der Waals surface area contributed by atoms with Crippen molar-refractivity contribution in [1.29, 1.82) is 5.31 Å². The van der Waals surface area contributed by atoms with Crippen LogP contribution in [-0.2, 0) is 18.9 Å². The zero-order valence-corrected chi connectivity index (χ0v) is 13.1. The second-order valence-electron chi connectivity index (χ2n) is 5.74. The Morgan fingerprint density at radius 1 is 1.23 bits per heavy atom. The van der Waals surface area contributed by atoms with Crippen LogP contribution in [0.4, 0.5) is 8.78 Å². The van der Waals surface area contributed by atoms with E-state index in [1.54, 1.807) is 18.7 Å². The Labute approximate surface area is 129 Å². The molecule has 0 aromatic rings. The third-order valence-electron chi connectivity index (χ3n) is 4.51. The molecule has 2 aliphatic heterocycles. The van der Waals surface area contributed by atoms with Crippen molar-refractivity contribution in [1.82, 2.24) is 4.81 Å². The van der Waals surface area contributed by atoms with Gasteiger partial charge in [-0.3, -0.25) is 0 Å². The number of halogens is 2. The fraction of sp³-hybridized carbons (Fsp3) is 0.846. The van der Waals surface area contributed by atoms with Crippen molar-refractivity contribution in [2.24, 2.45) is 5.92 Å². The van der Waals surface area contributed by atoms with Crippen LogP contribution in [0.1, 0.15) is 13.8 Å². The van der Waals surface area contributed by atoms with Gasteiger partial charge in [-0.05, 0) is 0 Å². The van der Waals surface area contributed by atoms with Crippen LogP contribution >= 0.6 is 0 Å². The molecule has 0 radical (unpaired) electrons. The fourth-order valence-corrected chi connectivity index (χ4v) is 2.97. The Balaban J connectivity index is 2.34. The molecular formula is C13H21BF2N2O4. The molecule has 2 saturated heterocycles. The van der Waals surface area contributed by atoms with E-state index >= 15 is 0 Å². The van der Waals surface area contributed by atoms with Crippen LogP contribution in [0.25, 0.3) is 0 Å². The minimum atomic E-state index is -1.78. The molecule has 2 fully saturated rings. The predicted molar refractivity (Wildman–Crippen MR) is 74.4 cm³/mol. The third-order valence-corrected chi connectivity index (χ3v) is 4.51. The first-order valence-electron chi connectivity index (χ1n) is 7.02. The molecule has 0 spiro atoms. The van der Waals surface area contributed by atoms with Gasteiger partial charge in [0, 0.05) is 0 Å². The van der Waals surface area contributed by atoms with Crippen LogP contribution < -0.4 is 0 Å². The van der Waals surface area contributed by atoms with Gasteiger partial charge in [-0.15, -0.1) is 0 Å². The van der Waals surface area contributed by atoms with Gasteiger partial charge in [-0.2, -0.15) is 0 Å². The van der Waals surface area contributed by atoms with E-state index in [-0.39, 0.29) is 6.54 Å². The van der Waals surface area contributed by atoms with Crippen molar-refractivity contribution in [2.45, 2.75) is 37.6 Å². The molecule has 0 aromatic heterocycles. The van der Waals surface area contributed by atoms with Crippen LogP contribution in [-0.4, -0.2) is 63.1 Å². The summed E-state index contributed by atoms with van der Waals surface area (Å²) >= 11 is 0. The predicted octanol–water partition coefficient (Wildman–Crippen LogP) is 1.59. The number of hydrogen-bond acceptors (Lipinski definition) is 5. The first-order chi connectivity index (χ1) is 10.3. The van der Waals surface area contributed by atoms with Gasteiger partial charge in [0.2, 0.25) is 0 Å². The number of methoxy groups -OCH3 is 2. The van der Waals surface area contributed by atoms with E-state index in [1.165, 1.54) is 14.2 Å². The maximum absolute atomic E-state index is 12.7. The summed E-state index contributed by atoms with van der Waals surface area (Å²) in [7, 11) is 4.04. The Bertz CT molecular complexity index is 465. The molecule has 2 aliphatic rings. The summed E-state index contributed by atoms with van der Waals surface area (Å²) in [5.41, 5.74) is 0. The van der Waals surface area contributed by atoms with Crippen molar-refractivity contribution in [3.8, 4) is 0 Å². The second-order valence-corrected chi connectivity index (χ2v) is 5.74. The van der Waals surface area contributed by atoms with Crippen LogP contribution in [0.3, 0.4) is 0 Å². The first-order valence-corrected chi connectivity index (χ1v) is 7.02. The van der Waals surface area contributed by atoms with Crippen molar-refractivity contribution < 1.29 is 27.7 Å². The summed E-state index contributed by atoms with van der Waals surface area (Å²) in [5, 5.41) is 7.37. The Hall–Kier alpha value is -0.895. The fourth-order valence-electron chi connectivity index (χ4n) is 2.97. The monoisotopic (exact) mass is 318 g/mol. The van der Waals surface area contributed by atoms with Crippen molar-refractivity contribution >= 4 is 7.21 Å². The number of nitrogens with zero attached hydrogens (tertiary/aromatic N) is 1. The molecule has 0 aliphatic carbocycles. The first kappa shape index (κ1) is 17.5. The number of fused-ring (bicyclic) bond motifs is 1. The van der Waals surface area contributed by atoms with Gasteiger partial charge in [0.25, 0.3) is 0 Å². The minimum absolute atomic E-state index is 0.259. The van der Waals surface area contributed by atoms with Gasteiger partial charge in [0.1, 0.15) is 0 Å².